The van der Waals surface area contributed by atoms with Crippen LogP contribution in [-0.4, -0.2) is 17.7 Å². The zero-order valence-corrected chi connectivity index (χ0v) is 17.3. The first kappa shape index (κ1) is 22.0. The van der Waals surface area contributed by atoms with Crippen LogP contribution in [0.5, 0.6) is 11.5 Å². The third-order valence-corrected chi connectivity index (χ3v) is 4.43. The molecule has 0 spiro atoms. The molecule has 0 saturated carbocycles. The minimum atomic E-state index is -0.472. The van der Waals surface area contributed by atoms with Crippen LogP contribution in [-0.2, 0) is 6.61 Å². The molecule has 9 heteroatoms. The topological polar surface area (TPSA) is 86.0 Å². The number of hydrogen-bond donors (Lipinski definition) is 1. The van der Waals surface area contributed by atoms with Crippen molar-refractivity contribution < 1.29 is 18.8 Å². The fourth-order valence-electron chi connectivity index (χ4n) is 2.67. The number of rotatable bonds is 9. The van der Waals surface area contributed by atoms with Gasteiger partial charge in [-0.15, -0.1) is 0 Å². The summed E-state index contributed by atoms with van der Waals surface area (Å²) >= 11 is 6.37. The molecule has 0 aliphatic heterocycles. The zero-order valence-electron chi connectivity index (χ0n) is 16.5. The Morgan fingerprint density at radius 2 is 1.90 bits per heavy atom. The Kier molecular flexibility index (Phi) is 7.40. The van der Waals surface area contributed by atoms with Gasteiger partial charge in [0.15, 0.2) is 11.5 Å². The van der Waals surface area contributed by atoms with Gasteiger partial charge in [0.05, 0.1) is 28.5 Å². The molecule has 0 heterocycles. The average molecular weight is 444 g/mol. The summed E-state index contributed by atoms with van der Waals surface area (Å²) in [7, 11) is 0. The Morgan fingerprint density at radius 1 is 1.16 bits per heavy atom. The highest BCUT2D eigenvalue weighted by atomic mass is 35.5. The number of nitrogens with zero attached hydrogens (tertiary/aromatic N) is 2. The fourth-order valence-corrected chi connectivity index (χ4v) is 2.94. The summed E-state index contributed by atoms with van der Waals surface area (Å²) in [5.74, 6) is 0.355. The van der Waals surface area contributed by atoms with Gasteiger partial charge in [0.1, 0.15) is 12.4 Å². The highest BCUT2D eigenvalue weighted by Gasteiger charge is 2.13. The van der Waals surface area contributed by atoms with Gasteiger partial charge in [0, 0.05) is 17.7 Å². The number of nitrogens with one attached hydrogen (secondary N) is 1. The maximum atomic E-state index is 13.8. The van der Waals surface area contributed by atoms with Crippen LogP contribution in [0.1, 0.15) is 18.1 Å². The summed E-state index contributed by atoms with van der Waals surface area (Å²) in [5.41, 5.74) is 4.41. The molecule has 3 rings (SSSR count). The molecule has 0 amide bonds. The number of hydrazone groups is 1. The van der Waals surface area contributed by atoms with Crippen LogP contribution in [0.15, 0.2) is 65.8 Å². The van der Waals surface area contributed by atoms with E-state index in [0.29, 0.717) is 39.9 Å². The van der Waals surface area contributed by atoms with Crippen LogP contribution >= 0.6 is 11.6 Å². The summed E-state index contributed by atoms with van der Waals surface area (Å²) in [6.07, 6.45) is 1.52. The average Bonchev–Trinajstić information content (AvgIpc) is 2.75. The lowest BCUT2D eigenvalue weighted by Gasteiger charge is -2.14. The van der Waals surface area contributed by atoms with Crippen LogP contribution in [0.4, 0.5) is 15.8 Å². The van der Waals surface area contributed by atoms with Gasteiger partial charge in [-0.05, 0) is 42.8 Å². The Morgan fingerprint density at radius 3 is 2.58 bits per heavy atom. The van der Waals surface area contributed by atoms with Gasteiger partial charge in [-0.2, -0.15) is 5.10 Å². The summed E-state index contributed by atoms with van der Waals surface area (Å²) in [6, 6.07) is 15.5. The Hall–Kier alpha value is -3.65. The van der Waals surface area contributed by atoms with Crippen LogP contribution in [0.3, 0.4) is 0 Å². The van der Waals surface area contributed by atoms with Gasteiger partial charge in [0.25, 0.3) is 5.69 Å². The predicted molar refractivity (Wildman–Crippen MR) is 118 cm³/mol. The smallest absolute Gasteiger partial charge is 0.269 e. The Balaban J connectivity index is 1.73. The lowest BCUT2D eigenvalue weighted by molar-refractivity contribution is -0.384. The van der Waals surface area contributed by atoms with E-state index in [1.807, 2.05) is 6.92 Å². The Labute approximate surface area is 183 Å². The van der Waals surface area contributed by atoms with E-state index in [-0.39, 0.29) is 18.1 Å². The van der Waals surface area contributed by atoms with Gasteiger partial charge < -0.3 is 9.47 Å². The van der Waals surface area contributed by atoms with Gasteiger partial charge in [-0.25, -0.2) is 4.39 Å². The number of hydrogen-bond acceptors (Lipinski definition) is 6. The molecule has 3 aromatic rings. The summed E-state index contributed by atoms with van der Waals surface area (Å²) in [4.78, 5) is 10.2. The highest BCUT2D eigenvalue weighted by molar-refractivity contribution is 6.32. The molecule has 31 heavy (non-hydrogen) atoms. The Bertz CT molecular complexity index is 1090. The molecule has 0 aliphatic rings. The van der Waals surface area contributed by atoms with Gasteiger partial charge in [0.2, 0.25) is 0 Å². The van der Waals surface area contributed by atoms with Gasteiger partial charge in [-0.1, -0.05) is 29.8 Å². The minimum absolute atomic E-state index is 0.00159. The van der Waals surface area contributed by atoms with Crippen molar-refractivity contribution in [3.8, 4) is 11.5 Å². The number of nitro benzene ring substituents is 1. The molecule has 0 saturated heterocycles. The molecule has 1 N–H and O–H groups in total. The first-order chi connectivity index (χ1) is 15.0. The van der Waals surface area contributed by atoms with Gasteiger partial charge in [-0.3, -0.25) is 15.5 Å². The van der Waals surface area contributed by atoms with Crippen molar-refractivity contribution in [3.63, 3.8) is 0 Å². The lowest BCUT2D eigenvalue weighted by atomic mass is 10.2. The standard InChI is InChI=1S/C22H19ClFN3O4/c1-2-30-21-12-15(13-25-26-17-7-9-18(10-8-17)27(28)29)11-19(23)22(21)31-14-16-5-3-4-6-20(16)24/h3-13,26H,2,14H2,1H3/b25-13+. The zero-order chi connectivity index (χ0) is 22.2. The molecular formula is C22H19ClFN3O4. The van der Waals surface area contributed by atoms with Crippen molar-refractivity contribution in [3.05, 3.63) is 92.7 Å². The number of anilines is 1. The second-order valence-corrected chi connectivity index (χ2v) is 6.72. The maximum Gasteiger partial charge on any atom is 0.269 e. The first-order valence-corrected chi connectivity index (χ1v) is 9.71. The monoisotopic (exact) mass is 443 g/mol. The molecule has 0 aliphatic carbocycles. The molecule has 0 atom stereocenters. The number of nitro groups is 1. The van der Waals surface area contributed by atoms with E-state index in [4.69, 9.17) is 21.1 Å². The molecular weight excluding hydrogens is 425 g/mol. The summed E-state index contributed by atoms with van der Waals surface area (Å²) in [6.45, 7) is 2.21. The van der Waals surface area contributed by atoms with E-state index in [1.165, 1.54) is 24.4 Å². The predicted octanol–water partition coefficient (Wildman–Crippen LogP) is 5.81. The summed E-state index contributed by atoms with van der Waals surface area (Å²) in [5, 5.41) is 15.1. The molecule has 0 unspecified atom stereocenters. The maximum absolute atomic E-state index is 13.8. The number of benzene rings is 3. The van der Waals surface area contributed by atoms with E-state index in [9.17, 15) is 14.5 Å². The lowest BCUT2D eigenvalue weighted by Crippen LogP contribution is -2.03. The van der Waals surface area contributed by atoms with E-state index in [0.717, 1.165) is 0 Å². The third-order valence-electron chi connectivity index (χ3n) is 4.15. The molecule has 3 aromatic carbocycles. The van der Waals surface area contributed by atoms with Crippen molar-refractivity contribution in [2.75, 3.05) is 12.0 Å². The van der Waals surface area contributed by atoms with Gasteiger partial charge >= 0.3 is 0 Å². The SMILES string of the molecule is CCOc1cc(/C=N/Nc2ccc([N+](=O)[O-])cc2)cc(Cl)c1OCc1ccccc1F. The fraction of sp³-hybridized carbons (Fsp3) is 0.136. The first-order valence-electron chi connectivity index (χ1n) is 9.34. The number of non-ortho nitro benzene ring substituents is 1. The van der Waals surface area contributed by atoms with Crippen molar-refractivity contribution in [2.45, 2.75) is 13.5 Å². The molecule has 0 bridgehead atoms. The highest BCUT2D eigenvalue weighted by Crippen LogP contribution is 2.37. The number of halogens is 2. The second-order valence-electron chi connectivity index (χ2n) is 6.32. The van der Waals surface area contributed by atoms with Crippen LogP contribution in [0.25, 0.3) is 0 Å². The molecule has 0 radical (unpaired) electrons. The molecule has 160 valence electrons. The number of ether oxygens (including phenoxy) is 2. The minimum Gasteiger partial charge on any atom is -0.490 e. The molecule has 0 fully saturated rings. The second kappa shape index (κ2) is 10.4. The van der Waals surface area contributed by atoms with E-state index >= 15 is 0 Å². The quantitative estimate of drug-likeness (QED) is 0.256. The molecule has 0 aromatic heterocycles. The van der Waals surface area contributed by atoms with E-state index in [2.05, 4.69) is 10.5 Å². The van der Waals surface area contributed by atoms with Crippen molar-refractivity contribution in [2.24, 2.45) is 5.10 Å². The van der Waals surface area contributed by atoms with Crippen LogP contribution in [0.2, 0.25) is 5.02 Å². The van der Waals surface area contributed by atoms with Crippen LogP contribution in [0, 0.1) is 15.9 Å². The van der Waals surface area contributed by atoms with E-state index in [1.54, 1.807) is 42.5 Å². The van der Waals surface area contributed by atoms with Crippen molar-refractivity contribution in [1.29, 1.82) is 0 Å². The summed E-state index contributed by atoms with van der Waals surface area (Å²) < 4.78 is 25.2. The largest absolute Gasteiger partial charge is 0.490 e. The van der Waals surface area contributed by atoms with E-state index < -0.39 is 4.92 Å². The van der Waals surface area contributed by atoms with Crippen molar-refractivity contribution in [1.82, 2.24) is 0 Å². The third kappa shape index (κ3) is 5.93. The van der Waals surface area contributed by atoms with Crippen LogP contribution < -0.4 is 14.9 Å². The normalized spacial score (nSPS) is 10.8. The molecule has 7 nitrogen and oxygen atoms in total. The van der Waals surface area contributed by atoms with Crippen molar-refractivity contribution >= 4 is 29.2 Å².